The van der Waals surface area contributed by atoms with E-state index in [-0.39, 0.29) is 17.6 Å². The van der Waals surface area contributed by atoms with Gasteiger partial charge in [0.05, 0.1) is 6.04 Å². The maximum atomic E-state index is 12.7. The predicted molar refractivity (Wildman–Crippen MR) is 78.2 cm³/mol. The average Bonchev–Trinajstić information content (AvgIpc) is 2.53. The summed E-state index contributed by atoms with van der Waals surface area (Å²) >= 11 is 0. The molecule has 0 radical (unpaired) electrons. The SMILES string of the molecule is CN(c1nccc(C#N)n1)C1CN(c2cc(C(F)(F)F)ncn2)C1. The van der Waals surface area contributed by atoms with Gasteiger partial charge in [0.15, 0.2) is 0 Å². The van der Waals surface area contributed by atoms with Crippen molar-refractivity contribution in [3.63, 3.8) is 0 Å². The molecule has 1 aliphatic rings. The largest absolute Gasteiger partial charge is 0.433 e. The molecule has 0 bridgehead atoms. The molecule has 0 N–H and O–H groups in total. The summed E-state index contributed by atoms with van der Waals surface area (Å²) in [6.07, 6.45) is -2.09. The summed E-state index contributed by atoms with van der Waals surface area (Å²) in [4.78, 5) is 18.9. The van der Waals surface area contributed by atoms with Crippen LogP contribution >= 0.6 is 0 Å². The summed E-state index contributed by atoms with van der Waals surface area (Å²) < 4.78 is 38.1. The van der Waals surface area contributed by atoms with Crippen LogP contribution in [0, 0.1) is 11.3 Å². The van der Waals surface area contributed by atoms with Gasteiger partial charge in [-0.1, -0.05) is 0 Å². The molecular formula is C14H12F3N7. The molecule has 1 fully saturated rings. The lowest BCUT2D eigenvalue weighted by atomic mass is 10.1. The van der Waals surface area contributed by atoms with Gasteiger partial charge in [0.2, 0.25) is 5.95 Å². The average molecular weight is 335 g/mol. The number of nitriles is 1. The first kappa shape index (κ1) is 15.9. The van der Waals surface area contributed by atoms with Crippen molar-refractivity contribution < 1.29 is 13.2 Å². The minimum atomic E-state index is -4.50. The highest BCUT2D eigenvalue weighted by atomic mass is 19.4. The third-order valence-electron chi connectivity index (χ3n) is 3.75. The van der Waals surface area contributed by atoms with Crippen molar-refractivity contribution in [2.45, 2.75) is 12.2 Å². The van der Waals surface area contributed by atoms with Gasteiger partial charge in [-0.15, -0.1) is 0 Å². The highest BCUT2D eigenvalue weighted by Crippen LogP contribution is 2.30. The van der Waals surface area contributed by atoms with E-state index in [0.717, 1.165) is 12.4 Å². The lowest BCUT2D eigenvalue weighted by Crippen LogP contribution is -2.59. The molecule has 0 unspecified atom stereocenters. The molecule has 2 aromatic heterocycles. The monoisotopic (exact) mass is 335 g/mol. The number of hydrogen-bond acceptors (Lipinski definition) is 7. The van der Waals surface area contributed by atoms with Gasteiger partial charge in [-0.3, -0.25) is 0 Å². The Hall–Kier alpha value is -2.96. The van der Waals surface area contributed by atoms with E-state index in [1.807, 2.05) is 6.07 Å². The standard InChI is InChI=1S/C14H12F3N7/c1-23(13-19-3-2-9(5-18)22-13)10-6-24(7-10)12-4-11(14(15,16)17)20-8-21-12/h2-4,8,10H,6-7H2,1H3. The molecular weight excluding hydrogens is 323 g/mol. The second-order valence-electron chi connectivity index (χ2n) is 5.28. The van der Waals surface area contributed by atoms with Crippen molar-refractivity contribution in [2.24, 2.45) is 0 Å². The summed E-state index contributed by atoms with van der Waals surface area (Å²) in [5, 5.41) is 8.86. The van der Waals surface area contributed by atoms with Crippen molar-refractivity contribution in [2.75, 3.05) is 29.9 Å². The first-order valence-electron chi connectivity index (χ1n) is 6.98. The Morgan fingerprint density at radius 2 is 2.04 bits per heavy atom. The van der Waals surface area contributed by atoms with Crippen molar-refractivity contribution in [1.82, 2.24) is 19.9 Å². The van der Waals surface area contributed by atoms with Crippen LogP contribution in [0.3, 0.4) is 0 Å². The van der Waals surface area contributed by atoms with Crippen LogP contribution in [0.25, 0.3) is 0 Å². The molecule has 0 saturated carbocycles. The van der Waals surface area contributed by atoms with Gasteiger partial charge in [-0.25, -0.2) is 19.9 Å². The Kier molecular flexibility index (Phi) is 3.92. The number of hydrogen-bond donors (Lipinski definition) is 0. The Labute approximate surface area is 135 Å². The van der Waals surface area contributed by atoms with Gasteiger partial charge in [-0.05, 0) is 6.07 Å². The predicted octanol–water partition coefficient (Wildman–Crippen LogP) is 1.48. The molecule has 0 amide bonds. The number of anilines is 2. The third-order valence-corrected chi connectivity index (χ3v) is 3.75. The number of rotatable bonds is 3. The third kappa shape index (κ3) is 3.05. The molecule has 0 atom stereocenters. The zero-order valence-corrected chi connectivity index (χ0v) is 12.6. The summed E-state index contributed by atoms with van der Waals surface area (Å²) in [7, 11) is 1.78. The second-order valence-corrected chi connectivity index (χ2v) is 5.28. The Balaban J connectivity index is 1.68. The molecule has 2 aromatic rings. The molecule has 10 heteroatoms. The van der Waals surface area contributed by atoms with Crippen LogP contribution in [0.1, 0.15) is 11.4 Å². The van der Waals surface area contributed by atoms with E-state index in [1.165, 1.54) is 12.3 Å². The van der Waals surface area contributed by atoms with Crippen molar-refractivity contribution in [3.05, 3.63) is 36.0 Å². The highest BCUT2D eigenvalue weighted by molar-refractivity contribution is 5.47. The van der Waals surface area contributed by atoms with Gasteiger partial charge in [0, 0.05) is 32.4 Å². The van der Waals surface area contributed by atoms with Crippen LogP contribution in [0.5, 0.6) is 0 Å². The van der Waals surface area contributed by atoms with Crippen molar-refractivity contribution in [3.8, 4) is 6.07 Å². The quantitative estimate of drug-likeness (QED) is 0.840. The van der Waals surface area contributed by atoms with Crippen LogP contribution in [-0.4, -0.2) is 46.1 Å². The minimum absolute atomic E-state index is 0.0169. The number of halogens is 3. The van der Waals surface area contributed by atoms with Crippen LogP contribution in [0.15, 0.2) is 24.7 Å². The van der Waals surface area contributed by atoms with Gasteiger partial charge in [-0.2, -0.15) is 18.4 Å². The molecule has 1 aliphatic heterocycles. The fourth-order valence-electron chi connectivity index (χ4n) is 2.31. The van der Waals surface area contributed by atoms with Crippen LogP contribution in [0.2, 0.25) is 0 Å². The molecule has 24 heavy (non-hydrogen) atoms. The topological polar surface area (TPSA) is 81.8 Å². The Bertz CT molecular complexity index is 780. The lowest BCUT2D eigenvalue weighted by molar-refractivity contribution is -0.141. The normalized spacial score (nSPS) is 14.9. The Morgan fingerprint density at radius 3 is 2.71 bits per heavy atom. The van der Waals surface area contributed by atoms with Crippen molar-refractivity contribution >= 4 is 11.8 Å². The van der Waals surface area contributed by atoms with Gasteiger partial charge >= 0.3 is 6.18 Å². The first-order chi connectivity index (χ1) is 11.4. The second kappa shape index (κ2) is 5.92. The number of alkyl halides is 3. The molecule has 0 aliphatic carbocycles. The van der Waals surface area contributed by atoms with E-state index in [1.54, 1.807) is 16.8 Å². The Morgan fingerprint density at radius 1 is 1.29 bits per heavy atom. The molecule has 3 heterocycles. The molecule has 0 spiro atoms. The summed E-state index contributed by atoms with van der Waals surface area (Å²) in [5.74, 6) is 0.631. The van der Waals surface area contributed by atoms with E-state index >= 15 is 0 Å². The van der Waals surface area contributed by atoms with Crippen molar-refractivity contribution in [1.29, 1.82) is 5.26 Å². The molecule has 1 saturated heterocycles. The lowest BCUT2D eigenvalue weighted by Gasteiger charge is -2.44. The minimum Gasteiger partial charge on any atom is -0.352 e. The van der Waals surface area contributed by atoms with Crippen LogP contribution in [-0.2, 0) is 6.18 Å². The first-order valence-corrected chi connectivity index (χ1v) is 6.98. The van der Waals surface area contributed by atoms with Gasteiger partial charge < -0.3 is 9.80 Å². The summed E-state index contributed by atoms with van der Waals surface area (Å²) in [6, 6.07) is 4.39. The van der Waals surface area contributed by atoms with E-state index in [9.17, 15) is 13.2 Å². The smallest absolute Gasteiger partial charge is 0.352 e. The van der Waals surface area contributed by atoms with Gasteiger partial charge in [0.25, 0.3) is 0 Å². The van der Waals surface area contributed by atoms with E-state index in [4.69, 9.17) is 5.26 Å². The maximum Gasteiger partial charge on any atom is 0.433 e. The molecule has 124 valence electrons. The molecule has 0 aromatic carbocycles. The summed E-state index contributed by atoms with van der Waals surface area (Å²) in [5.41, 5.74) is -0.706. The van der Waals surface area contributed by atoms with Gasteiger partial charge in [0.1, 0.15) is 29.6 Å². The van der Waals surface area contributed by atoms with Crippen LogP contribution in [0.4, 0.5) is 24.9 Å². The fourth-order valence-corrected chi connectivity index (χ4v) is 2.31. The van der Waals surface area contributed by atoms with Crippen LogP contribution < -0.4 is 9.80 Å². The highest BCUT2D eigenvalue weighted by Gasteiger charge is 2.36. The molecule has 3 rings (SSSR count). The zero-order chi connectivity index (χ0) is 17.3. The maximum absolute atomic E-state index is 12.7. The number of nitrogens with zero attached hydrogens (tertiary/aromatic N) is 7. The number of aromatic nitrogens is 4. The number of likely N-dealkylation sites (N-methyl/N-ethyl adjacent to an activating group) is 1. The van der Waals surface area contributed by atoms with E-state index in [0.29, 0.717) is 19.0 Å². The summed E-state index contributed by atoms with van der Waals surface area (Å²) in [6.45, 7) is 0.954. The zero-order valence-electron chi connectivity index (χ0n) is 12.6. The molecule has 7 nitrogen and oxygen atoms in total. The van der Waals surface area contributed by atoms with E-state index < -0.39 is 11.9 Å². The fraction of sp³-hybridized carbons (Fsp3) is 0.357. The van der Waals surface area contributed by atoms with E-state index in [2.05, 4.69) is 19.9 Å².